The summed E-state index contributed by atoms with van der Waals surface area (Å²) >= 11 is 0. The van der Waals surface area contributed by atoms with Gasteiger partial charge in [-0.3, -0.25) is 4.57 Å². The van der Waals surface area contributed by atoms with Gasteiger partial charge in [-0.15, -0.1) is 0 Å². The van der Waals surface area contributed by atoms with Gasteiger partial charge in [-0.1, -0.05) is 146 Å². The van der Waals surface area contributed by atoms with Gasteiger partial charge in [0.2, 0.25) is 0 Å². The molecule has 2 nitrogen and oxygen atoms in total. The molecule has 49 heavy (non-hydrogen) atoms. The summed E-state index contributed by atoms with van der Waals surface area (Å²) in [6.07, 6.45) is 0.863. The van der Waals surface area contributed by atoms with Crippen LogP contribution in [0.1, 0.15) is 12.7 Å². The van der Waals surface area contributed by atoms with Gasteiger partial charge in [-0.05, 0) is 102 Å². The fourth-order valence-corrected chi connectivity index (χ4v) is 7.47. The summed E-state index contributed by atoms with van der Waals surface area (Å²) in [5, 5.41) is 4.99. The molecule has 0 aliphatic carbocycles. The molecule has 0 amide bonds. The van der Waals surface area contributed by atoms with Crippen LogP contribution in [0.4, 0.5) is 0 Å². The molecular formula is C47H34N2. The maximum atomic E-state index is 4.93. The molecule has 0 unspecified atom stereocenters. The minimum Gasteiger partial charge on any atom is -0.296 e. The molecule has 232 valence electrons. The maximum absolute atomic E-state index is 4.93. The third-order valence-corrected chi connectivity index (χ3v) is 9.75. The Morgan fingerprint density at radius 1 is 0.408 bits per heavy atom. The van der Waals surface area contributed by atoms with Gasteiger partial charge < -0.3 is 0 Å². The van der Waals surface area contributed by atoms with Crippen LogP contribution < -0.4 is 0 Å². The third-order valence-electron chi connectivity index (χ3n) is 9.75. The monoisotopic (exact) mass is 626 g/mol. The van der Waals surface area contributed by atoms with E-state index in [2.05, 4.69) is 187 Å². The number of rotatable bonds is 6. The molecule has 0 fully saturated rings. The van der Waals surface area contributed by atoms with Crippen molar-refractivity contribution in [2.75, 3.05) is 0 Å². The first-order valence-electron chi connectivity index (χ1n) is 17.0. The first-order chi connectivity index (χ1) is 24.3. The minimum atomic E-state index is 0.863. The number of hydrogen-bond donors (Lipinski definition) is 0. The first-order valence-corrected chi connectivity index (χ1v) is 17.0. The van der Waals surface area contributed by atoms with Crippen LogP contribution in [0.5, 0.6) is 0 Å². The highest BCUT2D eigenvalue weighted by molar-refractivity contribution is 6.22. The zero-order valence-electron chi connectivity index (χ0n) is 27.3. The lowest BCUT2D eigenvalue weighted by molar-refractivity contribution is 0.908. The maximum Gasteiger partial charge on any atom is 0.114 e. The molecule has 0 saturated heterocycles. The Kier molecular flexibility index (Phi) is 7.13. The van der Waals surface area contributed by atoms with Crippen molar-refractivity contribution < 1.29 is 0 Å². The molecule has 1 heterocycles. The van der Waals surface area contributed by atoms with E-state index in [0.717, 1.165) is 29.0 Å². The minimum absolute atomic E-state index is 0.863. The van der Waals surface area contributed by atoms with Crippen molar-refractivity contribution in [3.63, 3.8) is 0 Å². The van der Waals surface area contributed by atoms with Crippen molar-refractivity contribution in [3.05, 3.63) is 182 Å². The van der Waals surface area contributed by atoms with Crippen molar-refractivity contribution in [1.82, 2.24) is 9.55 Å². The van der Waals surface area contributed by atoms with E-state index in [4.69, 9.17) is 4.98 Å². The highest BCUT2D eigenvalue weighted by Crippen LogP contribution is 2.45. The van der Waals surface area contributed by atoms with Gasteiger partial charge in [0.1, 0.15) is 5.82 Å². The van der Waals surface area contributed by atoms with E-state index in [9.17, 15) is 0 Å². The smallest absolute Gasteiger partial charge is 0.114 e. The average Bonchev–Trinajstić information content (AvgIpc) is 3.56. The summed E-state index contributed by atoms with van der Waals surface area (Å²) in [5.74, 6) is 1.07. The second-order valence-electron chi connectivity index (χ2n) is 12.6. The fourth-order valence-electron chi connectivity index (χ4n) is 7.47. The highest BCUT2D eigenvalue weighted by atomic mass is 15.1. The van der Waals surface area contributed by atoms with E-state index >= 15 is 0 Å². The normalized spacial score (nSPS) is 11.4. The van der Waals surface area contributed by atoms with Crippen molar-refractivity contribution in [3.8, 4) is 50.2 Å². The quantitative estimate of drug-likeness (QED) is 0.168. The predicted molar refractivity (Wildman–Crippen MR) is 207 cm³/mol. The van der Waals surface area contributed by atoms with E-state index in [1.807, 2.05) is 0 Å². The molecule has 0 saturated carbocycles. The Balaban J connectivity index is 1.29. The van der Waals surface area contributed by atoms with Crippen LogP contribution in [0.3, 0.4) is 0 Å². The number of imidazole rings is 1. The summed E-state index contributed by atoms with van der Waals surface area (Å²) in [4.78, 5) is 4.93. The van der Waals surface area contributed by atoms with Crippen LogP contribution in [0, 0.1) is 0 Å². The zero-order valence-corrected chi connectivity index (χ0v) is 27.3. The summed E-state index contributed by atoms with van der Waals surface area (Å²) < 4.78 is 2.30. The fraction of sp³-hybridized carbons (Fsp3) is 0.0426. The van der Waals surface area contributed by atoms with Gasteiger partial charge in [0.25, 0.3) is 0 Å². The molecule has 0 atom stereocenters. The molecular weight excluding hydrogens is 593 g/mol. The number of nitrogens with zero attached hydrogens (tertiary/aromatic N) is 2. The lowest BCUT2D eigenvalue weighted by atomic mass is 9.84. The molecule has 1 aromatic heterocycles. The molecule has 0 N–H and O–H groups in total. The summed E-state index contributed by atoms with van der Waals surface area (Å²) in [6.45, 7) is 2.17. The Hall–Kier alpha value is -6.25. The van der Waals surface area contributed by atoms with Crippen molar-refractivity contribution >= 4 is 32.6 Å². The lowest BCUT2D eigenvalue weighted by Crippen LogP contribution is -2.00. The predicted octanol–water partition coefficient (Wildman–Crippen LogP) is 12.6. The topological polar surface area (TPSA) is 17.8 Å². The number of aromatic nitrogens is 2. The van der Waals surface area contributed by atoms with E-state index in [1.54, 1.807) is 0 Å². The molecule has 0 bridgehead atoms. The van der Waals surface area contributed by atoms with Crippen molar-refractivity contribution in [2.45, 2.75) is 13.3 Å². The molecule has 0 radical (unpaired) electrons. The Morgan fingerprint density at radius 2 is 0.939 bits per heavy atom. The number of para-hydroxylation sites is 2. The van der Waals surface area contributed by atoms with E-state index in [1.165, 1.54) is 66.1 Å². The van der Waals surface area contributed by atoms with Crippen LogP contribution in [0.15, 0.2) is 176 Å². The molecule has 2 heteroatoms. The van der Waals surface area contributed by atoms with Crippen LogP contribution in [-0.4, -0.2) is 9.55 Å². The van der Waals surface area contributed by atoms with E-state index in [-0.39, 0.29) is 0 Å². The summed E-state index contributed by atoms with van der Waals surface area (Å²) in [7, 11) is 0. The number of aryl methyl sites for hydroxylation is 1. The molecule has 9 rings (SSSR count). The largest absolute Gasteiger partial charge is 0.296 e. The van der Waals surface area contributed by atoms with Gasteiger partial charge >= 0.3 is 0 Å². The van der Waals surface area contributed by atoms with Gasteiger partial charge in [-0.2, -0.15) is 0 Å². The standard InChI is InChI=1S/C47H34N2/c1-2-45-48-43-22-11-12-23-44(43)49(45)38-27-24-34(25-28-38)46-39-20-9-10-21-40(39)47(37-19-13-18-35(30-37)32-14-5-3-6-15-32)42-31-36(26-29-41(42)46)33-16-7-4-8-17-33/h3-31H,2H2,1H3. The van der Waals surface area contributed by atoms with Crippen LogP contribution in [0.25, 0.3) is 82.8 Å². The average molecular weight is 627 g/mol. The zero-order chi connectivity index (χ0) is 32.7. The Morgan fingerprint density at radius 3 is 1.63 bits per heavy atom. The SMILES string of the molecule is CCc1nc2ccccc2n1-c1ccc(-c2c3ccccc3c(-c3cccc(-c4ccccc4)c3)c3cc(-c4ccccc4)ccc23)cc1. The second kappa shape index (κ2) is 12.1. The number of benzene rings is 8. The van der Waals surface area contributed by atoms with E-state index in [0.29, 0.717) is 0 Å². The number of fused-ring (bicyclic) bond motifs is 3. The van der Waals surface area contributed by atoms with Gasteiger partial charge in [0, 0.05) is 12.1 Å². The first kappa shape index (κ1) is 28.9. The third kappa shape index (κ3) is 5.01. The van der Waals surface area contributed by atoms with Gasteiger partial charge in [0.15, 0.2) is 0 Å². The summed E-state index contributed by atoms with van der Waals surface area (Å²) in [6, 6.07) is 63.8. The molecule has 8 aromatic carbocycles. The van der Waals surface area contributed by atoms with Crippen molar-refractivity contribution in [1.29, 1.82) is 0 Å². The molecule has 9 aromatic rings. The van der Waals surface area contributed by atoms with E-state index < -0.39 is 0 Å². The molecule has 0 aliphatic rings. The van der Waals surface area contributed by atoms with Gasteiger partial charge in [-0.25, -0.2) is 4.98 Å². The lowest BCUT2D eigenvalue weighted by Gasteiger charge is -2.19. The van der Waals surface area contributed by atoms with Crippen molar-refractivity contribution in [2.24, 2.45) is 0 Å². The van der Waals surface area contributed by atoms with Gasteiger partial charge in [0.05, 0.1) is 11.0 Å². The van der Waals surface area contributed by atoms with Crippen LogP contribution in [0.2, 0.25) is 0 Å². The Bertz CT molecular complexity index is 2610. The van der Waals surface area contributed by atoms with Crippen LogP contribution in [-0.2, 0) is 6.42 Å². The Labute approximate surface area is 286 Å². The molecule has 0 spiro atoms. The second-order valence-corrected chi connectivity index (χ2v) is 12.6. The summed E-state index contributed by atoms with van der Waals surface area (Å²) in [5.41, 5.74) is 13.1. The molecule has 0 aliphatic heterocycles. The highest BCUT2D eigenvalue weighted by Gasteiger charge is 2.19. The van der Waals surface area contributed by atoms with Crippen LogP contribution >= 0.6 is 0 Å². The number of hydrogen-bond acceptors (Lipinski definition) is 1.